The zero-order chi connectivity index (χ0) is 7.28. The lowest BCUT2D eigenvalue weighted by molar-refractivity contribution is -0.121. The molecule has 0 spiro atoms. The van der Waals surface area contributed by atoms with Crippen LogP contribution < -0.4 is 5.32 Å². The van der Waals surface area contributed by atoms with Gasteiger partial charge in [0.2, 0.25) is 5.91 Å². The highest BCUT2D eigenvalue weighted by Crippen LogP contribution is 1.79. The molecule has 50 valence electrons. The van der Waals surface area contributed by atoms with Gasteiger partial charge in [0.15, 0.2) is 0 Å². The van der Waals surface area contributed by atoms with Gasteiger partial charge in [-0.3, -0.25) is 4.79 Å². The minimum Gasteiger partial charge on any atom is -0.341 e. The normalized spacial score (nSPS) is 11.7. The van der Waals surface area contributed by atoms with Crippen LogP contribution in [-0.2, 0) is 4.79 Å². The molecule has 0 radical (unpaired) electrons. The average Bonchev–Trinajstić information content (AvgIpc) is 1.87. The molecule has 1 N–H and O–H groups in total. The summed E-state index contributed by atoms with van der Waals surface area (Å²) in [6, 6.07) is 1.53. The summed E-state index contributed by atoms with van der Waals surface area (Å²) in [6.45, 7) is 3.40. The molecule has 0 aromatic heterocycles. The molecule has 1 amide bonds. The molecule has 0 aromatic rings. The Balaban J connectivity index is 3.50. The van der Waals surface area contributed by atoms with Crippen molar-refractivity contribution in [2.75, 3.05) is 0 Å². The second kappa shape index (κ2) is 3.90. The average molecular weight is 126 g/mol. The maximum atomic E-state index is 10.5. The number of nitrogens with zero attached hydrogens (tertiary/aromatic N) is 1. The number of carbonyl (C=O) groups is 1. The fraction of sp³-hybridized carbons (Fsp3) is 0.667. The van der Waals surface area contributed by atoms with Crippen LogP contribution in [0.1, 0.15) is 20.3 Å². The lowest BCUT2D eigenvalue weighted by atomic mass is 10.3. The van der Waals surface area contributed by atoms with E-state index in [1.54, 1.807) is 13.8 Å². The lowest BCUT2D eigenvalue weighted by Crippen LogP contribution is -2.30. The number of rotatable bonds is 2. The van der Waals surface area contributed by atoms with Gasteiger partial charge < -0.3 is 5.32 Å². The van der Waals surface area contributed by atoms with Gasteiger partial charge in [0.1, 0.15) is 6.04 Å². The van der Waals surface area contributed by atoms with E-state index in [0.717, 1.165) is 0 Å². The maximum absolute atomic E-state index is 10.5. The highest BCUT2D eigenvalue weighted by Gasteiger charge is 2.00. The minimum absolute atomic E-state index is 0.0796. The Kier molecular flexibility index (Phi) is 3.45. The van der Waals surface area contributed by atoms with Gasteiger partial charge in [0.25, 0.3) is 0 Å². The summed E-state index contributed by atoms with van der Waals surface area (Å²) >= 11 is 0. The van der Waals surface area contributed by atoms with Gasteiger partial charge in [-0.15, -0.1) is 0 Å². The van der Waals surface area contributed by atoms with Crippen LogP contribution in [0.25, 0.3) is 0 Å². The molecule has 0 aliphatic heterocycles. The van der Waals surface area contributed by atoms with E-state index in [2.05, 4.69) is 5.32 Å². The van der Waals surface area contributed by atoms with E-state index >= 15 is 0 Å². The standard InChI is InChI=1S/C6H10N2O/c1-3-6(9)8-5(2)4-7/h5H,3H2,1-2H3,(H,8,9). The molecule has 1 unspecified atom stereocenters. The van der Waals surface area contributed by atoms with E-state index in [9.17, 15) is 4.79 Å². The first-order chi connectivity index (χ1) is 4.20. The SMILES string of the molecule is CCC(=O)NC(C)C#N. The smallest absolute Gasteiger partial charge is 0.220 e. The van der Waals surface area contributed by atoms with Crippen LogP contribution in [0.4, 0.5) is 0 Å². The molecule has 0 saturated carbocycles. The molecule has 0 aliphatic carbocycles. The highest BCUT2D eigenvalue weighted by atomic mass is 16.1. The van der Waals surface area contributed by atoms with E-state index in [0.29, 0.717) is 6.42 Å². The number of nitrogens with one attached hydrogen (secondary N) is 1. The predicted molar refractivity (Wildman–Crippen MR) is 33.5 cm³/mol. The van der Waals surface area contributed by atoms with E-state index in [4.69, 9.17) is 5.26 Å². The fourth-order valence-electron chi connectivity index (χ4n) is 0.376. The van der Waals surface area contributed by atoms with Crippen molar-refractivity contribution in [3.63, 3.8) is 0 Å². The summed E-state index contributed by atoms with van der Waals surface area (Å²) in [5.41, 5.74) is 0. The Bertz CT molecular complexity index is 136. The van der Waals surface area contributed by atoms with Gasteiger partial charge in [0, 0.05) is 6.42 Å². The number of amides is 1. The molecule has 0 fully saturated rings. The molecular formula is C6H10N2O. The van der Waals surface area contributed by atoms with Crippen LogP contribution in [0.3, 0.4) is 0 Å². The van der Waals surface area contributed by atoms with Crippen LogP contribution in [0.15, 0.2) is 0 Å². The lowest BCUT2D eigenvalue weighted by Gasteiger charge is -2.02. The van der Waals surface area contributed by atoms with Gasteiger partial charge in [-0.25, -0.2) is 0 Å². The Morgan fingerprint density at radius 3 is 2.78 bits per heavy atom. The van der Waals surface area contributed by atoms with E-state index < -0.39 is 0 Å². The van der Waals surface area contributed by atoms with E-state index in [1.807, 2.05) is 6.07 Å². The van der Waals surface area contributed by atoms with Gasteiger partial charge in [-0.2, -0.15) is 5.26 Å². The molecule has 9 heavy (non-hydrogen) atoms. The summed E-state index contributed by atoms with van der Waals surface area (Å²) in [6.07, 6.45) is 0.437. The largest absolute Gasteiger partial charge is 0.341 e. The monoisotopic (exact) mass is 126 g/mol. The Morgan fingerprint density at radius 2 is 2.44 bits per heavy atom. The second-order valence-corrected chi connectivity index (χ2v) is 1.77. The molecular weight excluding hydrogens is 116 g/mol. The summed E-state index contributed by atoms with van der Waals surface area (Å²) < 4.78 is 0. The number of hydrogen-bond donors (Lipinski definition) is 1. The van der Waals surface area contributed by atoms with Crippen molar-refractivity contribution < 1.29 is 4.79 Å². The van der Waals surface area contributed by atoms with Gasteiger partial charge >= 0.3 is 0 Å². The molecule has 3 nitrogen and oxygen atoms in total. The zero-order valence-corrected chi connectivity index (χ0v) is 5.64. The number of hydrogen-bond acceptors (Lipinski definition) is 2. The quantitative estimate of drug-likeness (QED) is 0.583. The molecule has 0 saturated heterocycles. The Hall–Kier alpha value is -1.04. The topological polar surface area (TPSA) is 52.9 Å². The summed E-state index contributed by atoms with van der Waals surface area (Å²) in [4.78, 5) is 10.5. The van der Waals surface area contributed by atoms with Crippen LogP contribution in [0.2, 0.25) is 0 Å². The molecule has 0 aromatic carbocycles. The predicted octanol–water partition coefficient (Wildman–Crippen LogP) is 0.425. The first-order valence-corrected chi connectivity index (χ1v) is 2.89. The summed E-state index contributed by atoms with van der Waals surface area (Å²) in [7, 11) is 0. The van der Waals surface area contributed by atoms with Gasteiger partial charge in [-0.1, -0.05) is 6.92 Å². The third-order valence-electron chi connectivity index (χ3n) is 0.892. The third kappa shape index (κ3) is 3.53. The first-order valence-electron chi connectivity index (χ1n) is 2.89. The van der Waals surface area contributed by atoms with Crippen molar-refractivity contribution in [2.45, 2.75) is 26.3 Å². The fourth-order valence-corrected chi connectivity index (χ4v) is 0.376. The second-order valence-electron chi connectivity index (χ2n) is 1.77. The van der Waals surface area contributed by atoms with Crippen molar-refractivity contribution >= 4 is 5.91 Å². The highest BCUT2D eigenvalue weighted by molar-refractivity contribution is 5.76. The van der Waals surface area contributed by atoms with Gasteiger partial charge in [0.05, 0.1) is 6.07 Å². The molecule has 0 bridgehead atoms. The van der Waals surface area contributed by atoms with Crippen LogP contribution in [0, 0.1) is 11.3 Å². The van der Waals surface area contributed by atoms with Crippen molar-refractivity contribution in [1.29, 1.82) is 5.26 Å². The number of nitriles is 1. The number of carbonyl (C=O) groups excluding carboxylic acids is 1. The zero-order valence-electron chi connectivity index (χ0n) is 5.64. The molecule has 0 aliphatic rings. The Labute approximate surface area is 54.7 Å². The molecule has 0 heterocycles. The summed E-state index contributed by atoms with van der Waals surface area (Å²) in [5, 5.41) is 10.7. The molecule has 1 atom stereocenters. The van der Waals surface area contributed by atoms with Crippen LogP contribution >= 0.6 is 0 Å². The molecule has 3 heteroatoms. The van der Waals surface area contributed by atoms with Gasteiger partial charge in [-0.05, 0) is 6.92 Å². The van der Waals surface area contributed by atoms with Crippen molar-refractivity contribution in [2.24, 2.45) is 0 Å². The first kappa shape index (κ1) is 7.96. The van der Waals surface area contributed by atoms with Crippen molar-refractivity contribution in [1.82, 2.24) is 5.32 Å². The molecule has 0 rings (SSSR count). The maximum Gasteiger partial charge on any atom is 0.220 e. The third-order valence-corrected chi connectivity index (χ3v) is 0.892. The summed E-state index contributed by atoms with van der Waals surface area (Å²) in [5.74, 6) is -0.0796. The minimum atomic E-state index is -0.363. The van der Waals surface area contributed by atoms with Crippen LogP contribution in [-0.4, -0.2) is 11.9 Å². The van der Waals surface area contributed by atoms with Crippen molar-refractivity contribution in [3.05, 3.63) is 0 Å². The van der Waals surface area contributed by atoms with E-state index in [1.165, 1.54) is 0 Å². The van der Waals surface area contributed by atoms with Crippen molar-refractivity contribution in [3.8, 4) is 6.07 Å². The van der Waals surface area contributed by atoms with Crippen LogP contribution in [0.5, 0.6) is 0 Å². The van der Waals surface area contributed by atoms with E-state index in [-0.39, 0.29) is 11.9 Å². The Morgan fingerprint density at radius 1 is 1.89 bits per heavy atom.